The third-order valence-corrected chi connectivity index (χ3v) is 1.03. The Morgan fingerprint density at radius 2 is 2.00 bits per heavy atom. The molecule has 0 spiro atoms. The Labute approximate surface area is 57.7 Å². The van der Waals surface area contributed by atoms with Crippen molar-refractivity contribution in [2.75, 3.05) is 13.7 Å². The van der Waals surface area contributed by atoms with Gasteiger partial charge in [-0.15, -0.1) is 0 Å². The van der Waals surface area contributed by atoms with E-state index in [9.17, 15) is 0 Å². The fourth-order valence-electron chi connectivity index (χ4n) is 0.539. The molecule has 0 aromatic heterocycles. The Morgan fingerprint density at radius 1 is 1.33 bits per heavy atom. The van der Waals surface area contributed by atoms with Gasteiger partial charge < -0.3 is 4.74 Å². The van der Waals surface area contributed by atoms with Crippen molar-refractivity contribution in [3.63, 3.8) is 0 Å². The van der Waals surface area contributed by atoms with Gasteiger partial charge in [-0.25, -0.2) is 0 Å². The van der Waals surface area contributed by atoms with Crippen LogP contribution in [-0.2, 0) is 4.74 Å². The molecule has 0 rings (SSSR count). The summed E-state index contributed by atoms with van der Waals surface area (Å²) in [4.78, 5) is 0. The van der Waals surface area contributed by atoms with Crippen LogP contribution in [0.4, 0.5) is 0 Å². The van der Waals surface area contributed by atoms with Gasteiger partial charge in [0.1, 0.15) is 0 Å². The fourth-order valence-corrected chi connectivity index (χ4v) is 0.539. The molecule has 0 heterocycles. The van der Waals surface area contributed by atoms with Crippen molar-refractivity contribution in [1.29, 1.82) is 0 Å². The molecule has 0 N–H and O–H groups in total. The van der Waals surface area contributed by atoms with Gasteiger partial charge in [0, 0.05) is 13.7 Å². The summed E-state index contributed by atoms with van der Waals surface area (Å²) in [6.07, 6.45) is 7.38. The number of methoxy groups -OCH3 is 1. The highest BCUT2D eigenvalue weighted by atomic mass is 16.5. The number of unbranched alkanes of at least 4 members (excludes halogenated alkanes) is 1. The van der Waals surface area contributed by atoms with Crippen LogP contribution >= 0.6 is 0 Å². The molecule has 0 aromatic carbocycles. The summed E-state index contributed by atoms with van der Waals surface area (Å²) in [6, 6.07) is 0. The minimum absolute atomic E-state index is 0.827. The van der Waals surface area contributed by atoms with Crippen LogP contribution in [0.1, 0.15) is 19.3 Å². The zero-order chi connectivity index (χ0) is 6.95. The molecule has 1 radical (unpaired) electrons. The molecule has 0 aliphatic heterocycles. The SMILES string of the molecule is [CH2]CC/C=C/CCOC. The molecule has 0 atom stereocenters. The van der Waals surface area contributed by atoms with E-state index in [2.05, 4.69) is 19.1 Å². The summed E-state index contributed by atoms with van der Waals surface area (Å²) in [5.74, 6) is 0. The Balaban J connectivity index is 2.86. The van der Waals surface area contributed by atoms with E-state index in [4.69, 9.17) is 4.74 Å². The molecule has 0 aliphatic carbocycles. The zero-order valence-electron chi connectivity index (χ0n) is 6.10. The van der Waals surface area contributed by atoms with Gasteiger partial charge in [0.05, 0.1) is 0 Å². The Hall–Kier alpha value is -0.300. The number of hydrogen-bond acceptors (Lipinski definition) is 1. The van der Waals surface area contributed by atoms with Crippen molar-refractivity contribution in [3.8, 4) is 0 Å². The summed E-state index contributed by atoms with van der Waals surface area (Å²) >= 11 is 0. The van der Waals surface area contributed by atoms with Gasteiger partial charge in [0.2, 0.25) is 0 Å². The first-order chi connectivity index (χ1) is 4.41. The standard InChI is InChI=1S/C8H15O/c1-3-4-5-6-7-8-9-2/h5-6H,1,3-4,7-8H2,2H3/b6-5+. The van der Waals surface area contributed by atoms with Crippen molar-refractivity contribution >= 4 is 0 Å². The monoisotopic (exact) mass is 127 g/mol. The number of allylic oxidation sites excluding steroid dienone is 1. The minimum Gasteiger partial charge on any atom is -0.384 e. The third-order valence-electron chi connectivity index (χ3n) is 1.03. The average Bonchev–Trinajstić information content (AvgIpc) is 1.89. The first kappa shape index (κ1) is 8.70. The van der Waals surface area contributed by atoms with E-state index in [1.807, 2.05) is 0 Å². The molecule has 1 nitrogen and oxygen atoms in total. The second-order valence-electron chi connectivity index (χ2n) is 1.90. The maximum atomic E-state index is 4.86. The highest BCUT2D eigenvalue weighted by Gasteiger charge is 1.76. The molecule has 0 fully saturated rings. The molecular formula is C8H15O. The second-order valence-corrected chi connectivity index (χ2v) is 1.90. The van der Waals surface area contributed by atoms with E-state index < -0.39 is 0 Å². The lowest BCUT2D eigenvalue weighted by atomic mass is 10.3. The molecule has 0 aliphatic rings. The summed E-state index contributed by atoms with van der Waals surface area (Å²) in [7, 11) is 1.72. The van der Waals surface area contributed by atoms with Crippen molar-refractivity contribution in [3.05, 3.63) is 19.1 Å². The predicted molar refractivity (Wildman–Crippen MR) is 40.2 cm³/mol. The molecule has 0 saturated carbocycles. The van der Waals surface area contributed by atoms with Gasteiger partial charge in [-0.05, 0) is 19.3 Å². The maximum Gasteiger partial charge on any atom is 0.0496 e. The lowest BCUT2D eigenvalue weighted by molar-refractivity contribution is 0.204. The fraction of sp³-hybridized carbons (Fsp3) is 0.625. The Morgan fingerprint density at radius 3 is 2.56 bits per heavy atom. The summed E-state index contributed by atoms with van der Waals surface area (Å²) in [5, 5.41) is 0. The lowest BCUT2D eigenvalue weighted by Crippen LogP contribution is -1.83. The van der Waals surface area contributed by atoms with E-state index in [1.165, 1.54) is 0 Å². The molecule has 0 bridgehead atoms. The number of ether oxygens (including phenoxy) is 1. The Bertz CT molecular complexity index is 67.0. The van der Waals surface area contributed by atoms with Crippen molar-refractivity contribution in [2.24, 2.45) is 0 Å². The first-order valence-corrected chi connectivity index (χ1v) is 3.35. The van der Waals surface area contributed by atoms with Crippen LogP contribution in [0.5, 0.6) is 0 Å². The molecule has 9 heavy (non-hydrogen) atoms. The van der Waals surface area contributed by atoms with Crippen LogP contribution in [-0.4, -0.2) is 13.7 Å². The highest BCUT2D eigenvalue weighted by molar-refractivity contribution is 4.81. The van der Waals surface area contributed by atoms with Crippen LogP contribution in [0.3, 0.4) is 0 Å². The molecule has 0 aromatic rings. The molecule has 0 unspecified atom stereocenters. The molecule has 1 heteroatoms. The van der Waals surface area contributed by atoms with Crippen LogP contribution in [0, 0.1) is 6.92 Å². The maximum absolute atomic E-state index is 4.86. The van der Waals surface area contributed by atoms with Gasteiger partial charge in [-0.1, -0.05) is 19.1 Å². The van der Waals surface area contributed by atoms with Crippen molar-refractivity contribution in [1.82, 2.24) is 0 Å². The average molecular weight is 127 g/mol. The first-order valence-electron chi connectivity index (χ1n) is 3.35. The van der Waals surface area contributed by atoms with E-state index in [1.54, 1.807) is 7.11 Å². The van der Waals surface area contributed by atoms with Gasteiger partial charge in [0.15, 0.2) is 0 Å². The van der Waals surface area contributed by atoms with Crippen molar-refractivity contribution in [2.45, 2.75) is 19.3 Å². The summed E-state index contributed by atoms with van der Waals surface area (Å²) in [5.41, 5.74) is 0. The topological polar surface area (TPSA) is 9.23 Å². The number of hydrogen-bond donors (Lipinski definition) is 0. The highest BCUT2D eigenvalue weighted by Crippen LogP contribution is 1.90. The van der Waals surface area contributed by atoms with E-state index in [0.717, 1.165) is 25.9 Å². The summed E-state index contributed by atoms with van der Waals surface area (Å²) < 4.78 is 4.86. The number of rotatable bonds is 5. The third kappa shape index (κ3) is 7.70. The second kappa shape index (κ2) is 7.70. The smallest absolute Gasteiger partial charge is 0.0496 e. The summed E-state index contributed by atoms with van der Waals surface area (Å²) in [6.45, 7) is 4.55. The van der Waals surface area contributed by atoms with E-state index >= 15 is 0 Å². The molecule has 53 valence electrons. The molecule has 0 amide bonds. The minimum atomic E-state index is 0.827. The van der Waals surface area contributed by atoms with Crippen LogP contribution in [0.25, 0.3) is 0 Å². The largest absolute Gasteiger partial charge is 0.384 e. The molecule has 0 saturated heterocycles. The predicted octanol–water partition coefficient (Wildman–Crippen LogP) is 2.19. The van der Waals surface area contributed by atoms with Crippen molar-refractivity contribution < 1.29 is 4.74 Å². The van der Waals surface area contributed by atoms with Gasteiger partial charge in [-0.2, -0.15) is 0 Å². The quantitative estimate of drug-likeness (QED) is 0.406. The van der Waals surface area contributed by atoms with Crippen LogP contribution < -0.4 is 0 Å². The van der Waals surface area contributed by atoms with Crippen LogP contribution in [0.2, 0.25) is 0 Å². The zero-order valence-corrected chi connectivity index (χ0v) is 6.10. The van der Waals surface area contributed by atoms with E-state index in [0.29, 0.717) is 0 Å². The normalized spacial score (nSPS) is 10.9. The van der Waals surface area contributed by atoms with Gasteiger partial charge in [-0.3, -0.25) is 0 Å². The van der Waals surface area contributed by atoms with Gasteiger partial charge in [0.25, 0.3) is 0 Å². The van der Waals surface area contributed by atoms with Crippen LogP contribution in [0.15, 0.2) is 12.2 Å². The molecular weight excluding hydrogens is 112 g/mol. The van der Waals surface area contributed by atoms with Gasteiger partial charge >= 0.3 is 0 Å². The lowest BCUT2D eigenvalue weighted by Gasteiger charge is -1.89. The van der Waals surface area contributed by atoms with E-state index in [-0.39, 0.29) is 0 Å². The Kier molecular flexibility index (Phi) is 7.44.